The maximum atomic E-state index is 13.0. The zero-order valence-electron chi connectivity index (χ0n) is 13.8. The molecule has 9 heteroatoms. The van der Waals surface area contributed by atoms with Gasteiger partial charge < -0.3 is 0 Å². The largest absolute Gasteiger partial charge is 0.284 e. The van der Waals surface area contributed by atoms with Crippen LogP contribution in [0.3, 0.4) is 0 Å². The zero-order chi connectivity index (χ0) is 20.7. The van der Waals surface area contributed by atoms with E-state index in [9.17, 15) is 13.0 Å². The first-order valence-corrected chi connectivity index (χ1v) is 11.1. The quantitative estimate of drug-likeness (QED) is 0.181. The van der Waals surface area contributed by atoms with E-state index in [2.05, 4.69) is 0 Å². The predicted octanol–water partition coefficient (Wildman–Crippen LogP) is 7.13. The smallest absolute Gasteiger partial charge is 0.283 e. The first-order valence-electron chi connectivity index (χ1n) is 7.74. The highest BCUT2D eigenvalue weighted by Gasteiger charge is 2.51. The number of rotatable bonds is 4. The minimum atomic E-state index is -4.91. The van der Waals surface area contributed by atoms with E-state index in [0.717, 1.165) is 0 Å². The van der Waals surface area contributed by atoms with Gasteiger partial charge >= 0.3 is 0 Å². The summed E-state index contributed by atoms with van der Waals surface area (Å²) < 4.78 is 34.3. The molecule has 0 radical (unpaired) electrons. The Bertz CT molecular complexity index is 1060. The van der Waals surface area contributed by atoms with Crippen molar-refractivity contribution in [1.82, 2.24) is 0 Å². The van der Waals surface area contributed by atoms with Crippen LogP contribution in [-0.4, -0.2) is 13.0 Å². The summed E-state index contributed by atoms with van der Waals surface area (Å²) in [5, 5.41) is -0.925. The van der Waals surface area contributed by atoms with Crippen LogP contribution in [0.5, 0.6) is 0 Å². The van der Waals surface area contributed by atoms with Crippen LogP contribution < -0.4 is 0 Å². The lowest BCUT2D eigenvalue weighted by atomic mass is 9.84. The first-order chi connectivity index (χ1) is 13.1. The highest BCUT2D eigenvalue weighted by molar-refractivity contribution is 7.87. The van der Waals surface area contributed by atoms with Gasteiger partial charge in [0.1, 0.15) is 0 Å². The lowest BCUT2D eigenvalue weighted by Crippen LogP contribution is -2.39. The van der Waals surface area contributed by atoms with Crippen LogP contribution in [0.4, 0.5) is 0 Å². The predicted molar refractivity (Wildman–Crippen MR) is 116 cm³/mol. The SMILES string of the molecule is O=S(=O)(O)C(c1ccccc1)(c1ccccc1)c1c(Cl)c(Cl)c(Cl)c(Cl)c1Cl. The Morgan fingerprint density at radius 3 is 1.25 bits per heavy atom. The van der Waals surface area contributed by atoms with Crippen LogP contribution >= 0.6 is 58.0 Å². The molecule has 0 spiro atoms. The Labute approximate surface area is 187 Å². The van der Waals surface area contributed by atoms with Crippen molar-refractivity contribution in [2.45, 2.75) is 4.75 Å². The Morgan fingerprint density at radius 2 is 0.929 bits per heavy atom. The minimum absolute atomic E-state index is 0.118. The normalized spacial score (nSPS) is 12.2. The van der Waals surface area contributed by atoms with Gasteiger partial charge in [-0.25, -0.2) is 0 Å². The maximum absolute atomic E-state index is 13.0. The van der Waals surface area contributed by atoms with Gasteiger partial charge in [-0.15, -0.1) is 0 Å². The summed E-state index contributed by atoms with van der Waals surface area (Å²) in [5.74, 6) is 0. The van der Waals surface area contributed by atoms with Gasteiger partial charge in [-0.2, -0.15) is 8.42 Å². The van der Waals surface area contributed by atoms with Crippen molar-refractivity contribution in [2.75, 3.05) is 0 Å². The Balaban J connectivity index is 2.65. The van der Waals surface area contributed by atoms with E-state index in [0.29, 0.717) is 0 Å². The van der Waals surface area contributed by atoms with E-state index in [1.807, 2.05) is 0 Å². The molecule has 0 aliphatic carbocycles. The van der Waals surface area contributed by atoms with Gasteiger partial charge in [0, 0.05) is 5.56 Å². The molecule has 0 heterocycles. The summed E-state index contributed by atoms with van der Waals surface area (Å²) in [6.45, 7) is 0. The topological polar surface area (TPSA) is 54.4 Å². The molecule has 0 unspecified atom stereocenters. The average molecular weight is 497 g/mol. The molecule has 0 atom stereocenters. The summed E-state index contributed by atoms with van der Waals surface area (Å²) in [6.07, 6.45) is 0. The highest BCUT2D eigenvalue weighted by Crippen LogP contribution is 2.54. The van der Waals surface area contributed by atoms with Crippen molar-refractivity contribution in [3.63, 3.8) is 0 Å². The van der Waals surface area contributed by atoms with Crippen molar-refractivity contribution < 1.29 is 13.0 Å². The second-order valence-electron chi connectivity index (χ2n) is 5.83. The molecule has 0 bridgehead atoms. The van der Waals surface area contributed by atoms with Crippen LogP contribution in [0.1, 0.15) is 16.7 Å². The lowest BCUT2D eigenvalue weighted by Gasteiger charge is -2.34. The number of halogens is 5. The van der Waals surface area contributed by atoms with Gasteiger partial charge in [0.05, 0.1) is 25.1 Å². The highest BCUT2D eigenvalue weighted by atomic mass is 35.5. The number of hydrogen-bond acceptors (Lipinski definition) is 2. The van der Waals surface area contributed by atoms with E-state index in [1.165, 1.54) is 24.3 Å². The summed E-state index contributed by atoms with van der Waals surface area (Å²) in [7, 11) is -4.91. The molecule has 3 nitrogen and oxygen atoms in total. The summed E-state index contributed by atoms with van der Waals surface area (Å²) in [4.78, 5) is 0. The van der Waals surface area contributed by atoms with Gasteiger partial charge in [0.25, 0.3) is 10.1 Å². The van der Waals surface area contributed by atoms with Crippen molar-refractivity contribution >= 4 is 68.1 Å². The number of benzene rings is 3. The van der Waals surface area contributed by atoms with E-state index < -0.39 is 14.9 Å². The van der Waals surface area contributed by atoms with E-state index in [1.54, 1.807) is 36.4 Å². The third kappa shape index (κ3) is 3.31. The molecule has 0 aromatic heterocycles. The minimum Gasteiger partial charge on any atom is -0.284 e. The second kappa shape index (κ2) is 8.04. The summed E-state index contributed by atoms with van der Waals surface area (Å²) in [5.41, 5.74) is 0.207. The van der Waals surface area contributed by atoms with Gasteiger partial charge in [-0.05, 0) is 11.1 Å². The summed E-state index contributed by atoms with van der Waals surface area (Å²) >= 11 is 31.3. The fourth-order valence-electron chi connectivity index (χ4n) is 3.14. The van der Waals surface area contributed by atoms with Crippen molar-refractivity contribution in [3.8, 4) is 0 Å². The fourth-order valence-corrected chi connectivity index (χ4v) is 6.01. The molecule has 0 aliphatic heterocycles. The van der Waals surface area contributed by atoms with Crippen molar-refractivity contribution in [1.29, 1.82) is 0 Å². The summed E-state index contributed by atoms with van der Waals surface area (Å²) in [6, 6.07) is 16.0. The Kier molecular flexibility index (Phi) is 6.23. The van der Waals surface area contributed by atoms with Crippen LogP contribution in [-0.2, 0) is 14.9 Å². The van der Waals surface area contributed by atoms with E-state index in [-0.39, 0.29) is 41.8 Å². The van der Waals surface area contributed by atoms with Crippen LogP contribution in [0.25, 0.3) is 0 Å². The molecule has 0 fully saturated rings. The fraction of sp³-hybridized carbons (Fsp3) is 0.0526. The molecule has 3 aromatic carbocycles. The third-order valence-electron chi connectivity index (χ3n) is 4.31. The van der Waals surface area contributed by atoms with Crippen LogP contribution in [0.15, 0.2) is 60.7 Å². The van der Waals surface area contributed by atoms with Crippen LogP contribution in [0, 0.1) is 0 Å². The van der Waals surface area contributed by atoms with Gasteiger partial charge in [-0.3, -0.25) is 4.55 Å². The molecule has 0 saturated heterocycles. The van der Waals surface area contributed by atoms with Gasteiger partial charge in [-0.1, -0.05) is 119 Å². The van der Waals surface area contributed by atoms with E-state index >= 15 is 0 Å². The first kappa shape index (κ1) is 21.7. The second-order valence-corrected chi connectivity index (χ2v) is 9.29. The zero-order valence-corrected chi connectivity index (χ0v) is 18.4. The molecular weight excluding hydrogens is 486 g/mol. The average Bonchev–Trinajstić information content (AvgIpc) is 2.68. The molecule has 28 heavy (non-hydrogen) atoms. The molecule has 3 rings (SSSR count). The molecule has 3 aromatic rings. The van der Waals surface area contributed by atoms with Gasteiger partial charge in [0.2, 0.25) is 0 Å². The van der Waals surface area contributed by atoms with Crippen molar-refractivity contribution in [2.24, 2.45) is 0 Å². The van der Waals surface area contributed by atoms with Crippen molar-refractivity contribution in [3.05, 3.63) is 102 Å². The molecule has 0 saturated carbocycles. The Morgan fingerprint density at radius 1 is 0.607 bits per heavy atom. The molecule has 146 valence electrons. The van der Waals surface area contributed by atoms with E-state index in [4.69, 9.17) is 58.0 Å². The van der Waals surface area contributed by atoms with Crippen LogP contribution in [0.2, 0.25) is 25.1 Å². The standard InChI is InChI=1S/C19H11Cl5O3S/c20-14-13(15(21)17(23)18(24)16(14)22)19(28(25,26)27,11-7-3-1-4-8-11)12-9-5-2-6-10-12/h1-10H,(H,25,26,27). The Hall–Kier alpha value is -0.980. The monoisotopic (exact) mass is 494 g/mol. The molecule has 0 amide bonds. The number of hydrogen-bond donors (Lipinski definition) is 1. The molecule has 0 aliphatic rings. The maximum Gasteiger partial charge on any atom is 0.283 e. The third-order valence-corrected chi connectivity index (χ3v) is 8.04. The van der Waals surface area contributed by atoms with Gasteiger partial charge in [0.15, 0.2) is 4.75 Å². The lowest BCUT2D eigenvalue weighted by molar-refractivity contribution is 0.459. The molecule has 1 N–H and O–H groups in total. The molecular formula is C19H11Cl5O3S.